The zero-order valence-corrected chi connectivity index (χ0v) is 11.6. The fourth-order valence-electron chi connectivity index (χ4n) is 1.34. The van der Waals surface area contributed by atoms with Crippen molar-refractivity contribution in [1.29, 1.82) is 0 Å². The molecule has 0 unspecified atom stereocenters. The molecule has 0 bridgehead atoms. The lowest BCUT2D eigenvalue weighted by molar-refractivity contribution is -0.119. The minimum Gasteiger partial charge on any atom is -0.394 e. The molecule has 98 valence electrons. The molecule has 0 spiro atoms. The Balaban J connectivity index is 2.85. The van der Waals surface area contributed by atoms with Crippen LogP contribution < -0.4 is 5.32 Å². The predicted molar refractivity (Wildman–Crippen MR) is 74.4 cm³/mol. The van der Waals surface area contributed by atoms with Gasteiger partial charge < -0.3 is 10.4 Å². The van der Waals surface area contributed by atoms with Gasteiger partial charge in [-0.25, -0.2) is 0 Å². The van der Waals surface area contributed by atoms with E-state index in [2.05, 4.69) is 5.32 Å². The third-order valence-electron chi connectivity index (χ3n) is 2.48. The summed E-state index contributed by atoms with van der Waals surface area (Å²) in [6.07, 6.45) is 1.73. The lowest BCUT2D eigenvalue weighted by atomic mass is 10.1. The first kappa shape index (κ1) is 14.7. The van der Waals surface area contributed by atoms with E-state index in [1.165, 1.54) is 0 Å². The number of amides is 1. The van der Waals surface area contributed by atoms with Crippen molar-refractivity contribution in [3.8, 4) is 0 Å². The highest BCUT2D eigenvalue weighted by Gasteiger charge is 2.19. The summed E-state index contributed by atoms with van der Waals surface area (Å²) in [4.78, 5) is 11.9. The standard InChI is InChI=1S/C14H18ClNO2/c1-10(13(18)16-14(2,3)9-17)8-11-6-4-5-7-12(11)15/h4-8,17H,9H2,1-3H3,(H,16,18)/b10-8-. The number of hydrogen-bond acceptors (Lipinski definition) is 2. The molecule has 0 aliphatic rings. The predicted octanol–water partition coefficient (Wildman–Crippen LogP) is 2.63. The van der Waals surface area contributed by atoms with Gasteiger partial charge in [0.15, 0.2) is 0 Å². The Bertz CT molecular complexity index is 467. The number of carbonyl (C=O) groups is 1. The first-order valence-electron chi connectivity index (χ1n) is 5.72. The highest BCUT2D eigenvalue weighted by atomic mass is 35.5. The molecule has 0 saturated carbocycles. The fourth-order valence-corrected chi connectivity index (χ4v) is 1.53. The van der Waals surface area contributed by atoms with Crippen LogP contribution in [0.15, 0.2) is 29.8 Å². The summed E-state index contributed by atoms with van der Waals surface area (Å²) in [6, 6.07) is 7.32. The number of halogens is 1. The summed E-state index contributed by atoms with van der Waals surface area (Å²) in [6.45, 7) is 5.12. The molecule has 1 rings (SSSR count). The van der Waals surface area contributed by atoms with Crippen molar-refractivity contribution in [2.24, 2.45) is 0 Å². The van der Waals surface area contributed by atoms with Crippen LogP contribution in [0.25, 0.3) is 6.08 Å². The van der Waals surface area contributed by atoms with Crippen LogP contribution >= 0.6 is 11.6 Å². The molecule has 0 radical (unpaired) electrons. The monoisotopic (exact) mass is 267 g/mol. The van der Waals surface area contributed by atoms with Gasteiger partial charge in [-0.2, -0.15) is 0 Å². The Morgan fingerprint density at radius 1 is 1.44 bits per heavy atom. The lowest BCUT2D eigenvalue weighted by Crippen LogP contribution is -2.46. The molecule has 0 heterocycles. The molecule has 4 heteroatoms. The van der Waals surface area contributed by atoms with Crippen molar-refractivity contribution in [2.75, 3.05) is 6.61 Å². The van der Waals surface area contributed by atoms with E-state index < -0.39 is 5.54 Å². The van der Waals surface area contributed by atoms with E-state index in [1.54, 1.807) is 32.9 Å². The van der Waals surface area contributed by atoms with Gasteiger partial charge in [0.1, 0.15) is 0 Å². The summed E-state index contributed by atoms with van der Waals surface area (Å²) in [5.41, 5.74) is 0.713. The average molecular weight is 268 g/mol. The number of aliphatic hydroxyl groups is 1. The van der Waals surface area contributed by atoms with Gasteiger partial charge in [0, 0.05) is 10.6 Å². The molecule has 1 amide bonds. The van der Waals surface area contributed by atoms with E-state index in [9.17, 15) is 4.79 Å². The molecule has 1 aromatic rings. The SMILES string of the molecule is C/C(=C/c1ccccc1Cl)C(=O)NC(C)(C)CO. The summed E-state index contributed by atoms with van der Waals surface area (Å²) >= 11 is 6.02. The maximum Gasteiger partial charge on any atom is 0.247 e. The quantitative estimate of drug-likeness (QED) is 0.824. The van der Waals surface area contributed by atoms with E-state index >= 15 is 0 Å². The minimum absolute atomic E-state index is 0.113. The van der Waals surface area contributed by atoms with Crippen LogP contribution in [-0.4, -0.2) is 23.2 Å². The fraction of sp³-hybridized carbons (Fsp3) is 0.357. The number of aliphatic hydroxyl groups excluding tert-OH is 1. The first-order chi connectivity index (χ1) is 8.35. The zero-order chi connectivity index (χ0) is 13.8. The van der Waals surface area contributed by atoms with Crippen molar-refractivity contribution in [3.05, 3.63) is 40.4 Å². The highest BCUT2D eigenvalue weighted by molar-refractivity contribution is 6.32. The van der Waals surface area contributed by atoms with E-state index in [0.29, 0.717) is 10.6 Å². The molecule has 2 N–H and O–H groups in total. The van der Waals surface area contributed by atoms with E-state index in [0.717, 1.165) is 5.56 Å². The molecular weight excluding hydrogens is 250 g/mol. The van der Waals surface area contributed by atoms with Gasteiger partial charge >= 0.3 is 0 Å². The minimum atomic E-state index is -0.632. The molecule has 0 saturated heterocycles. The Labute approximate surface area is 112 Å². The van der Waals surface area contributed by atoms with E-state index in [4.69, 9.17) is 16.7 Å². The van der Waals surface area contributed by atoms with Crippen molar-refractivity contribution >= 4 is 23.6 Å². The van der Waals surface area contributed by atoms with Gasteiger partial charge in [0.2, 0.25) is 5.91 Å². The van der Waals surface area contributed by atoms with Crippen LogP contribution in [-0.2, 0) is 4.79 Å². The van der Waals surface area contributed by atoms with Crippen LogP contribution in [0.3, 0.4) is 0 Å². The third kappa shape index (κ3) is 4.17. The summed E-state index contributed by atoms with van der Waals surface area (Å²) in [7, 11) is 0. The normalized spacial score (nSPS) is 12.4. The second-order valence-electron chi connectivity index (χ2n) is 4.84. The van der Waals surface area contributed by atoms with Crippen molar-refractivity contribution in [3.63, 3.8) is 0 Å². The molecule has 0 aliphatic carbocycles. The van der Waals surface area contributed by atoms with Gasteiger partial charge in [-0.05, 0) is 38.5 Å². The molecule has 1 aromatic carbocycles. The van der Waals surface area contributed by atoms with Crippen LogP contribution in [0, 0.1) is 0 Å². The third-order valence-corrected chi connectivity index (χ3v) is 2.83. The largest absolute Gasteiger partial charge is 0.394 e. The van der Waals surface area contributed by atoms with Gasteiger partial charge in [0.25, 0.3) is 0 Å². The Kier molecular flexibility index (Phi) is 4.93. The van der Waals surface area contributed by atoms with Gasteiger partial charge in [-0.3, -0.25) is 4.79 Å². The molecule has 3 nitrogen and oxygen atoms in total. The highest BCUT2D eigenvalue weighted by Crippen LogP contribution is 2.18. The molecule has 18 heavy (non-hydrogen) atoms. The smallest absolute Gasteiger partial charge is 0.247 e. The van der Waals surface area contributed by atoms with Gasteiger partial charge in [-0.1, -0.05) is 29.8 Å². The van der Waals surface area contributed by atoms with Crippen LogP contribution in [0.4, 0.5) is 0 Å². The first-order valence-corrected chi connectivity index (χ1v) is 6.10. The van der Waals surface area contributed by atoms with E-state index in [-0.39, 0.29) is 12.5 Å². The average Bonchev–Trinajstić information content (AvgIpc) is 2.31. The molecule has 0 aromatic heterocycles. The van der Waals surface area contributed by atoms with Crippen molar-refractivity contribution in [1.82, 2.24) is 5.32 Å². The Morgan fingerprint density at radius 3 is 2.61 bits per heavy atom. The van der Waals surface area contributed by atoms with E-state index in [1.807, 2.05) is 18.2 Å². The van der Waals surface area contributed by atoms with Crippen LogP contribution in [0.5, 0.6) is 0 Å². The second kappa shape index (κ2) is 6.03. The Morgan fingerprint density at radius 2 is 2.06 bits per heavy atom. The van der Waals surface area contributed by atoms with Gasteiger partial charge in [0.05, 0.1) is 12.1 Å². The second-order valence-corrected chi connectivity index (χ2v) is 5.25. The van der Waals surface area contributed by atoms with Crippen molar-refractivity contribution in [2.45, 2.75) is 26.3 Å². The van der Waals surface area contributed by atoms with Crippen molar-refractivity contribution < 1.29 is 9.90 Å². The van der Waals surface area contributed by atoms with Crippen LogP contribution in [0.2, 0.25) is 5.02 Å². The summed E-state index contributed by atoms with van der Waals surface area (Å²) in [5, 5.41) is 12.5. The number of benzene rings is 1. The number of rotatable bonds is 4. The number of nitrogens with one attached hydrogen (secondary N) is 1. The number of carbonyl (C=O) groups excluding carboxylic acids is 1. The molecule has 0 fully saturated rings. The van der Waals surface area contributed by atoms with Gasteiger partial charge in [-0.15, -0.1) is 0 Å². The maximum atomic E-state index is 11.9. The zero-order valence-electron chi connectivity index (χ0n) is 10.8. The lowest BCUT2D eigenvalue weighted by Gasteiger charge is -2.23. The summed E-state index contributed by atoms with van der Waals surface area (Å²) in [5.74, 6) is -0.214. The topological polar surface area (TPSA) is 49.3 Å². The Hall–Kier alpha value is -1.32. The molecular formula is C14H18ClNO2. The summed E-state index contributed by atoms with van der Waals surface area (Å²) < 4.78 is 0. The molecule has 0 atom stereocenters. The molecule has 0 aliphatic heterocycles. The van der Waals surface area contributed by atoms with Crippen LogP contribution in [0.1, 0.15) is 26.3 Å². The number of hydrogen-bond donors (Lipinski definition) is 2. The maximum absolute atomic E-state index is 11.9.